The van der Waals surface area contributed by atoms with E-state index in [4.69, 9.17) is 0 Å². The zero-order chi connectivity index (χ0) is 14.1. The van der Waals surface area contributed by atoms with Crippen LogP contribution in [0.25, 0.3) is 0 Å². The summed E-state index contributed by atoms with van der Waals surface area (Å²) in [4.78, 5) is 11.2. The van der Waals surface area contributed by atoms with E-state index in [1.54, 1.807) is 4.68 Å². The van der Waals surface area contributed by atoms with Crippen molar-refractivity contribution < 1.29 is 4.79 Å². The van der Waals surface area contributed by atoms with Crippen molar-refractivity contribution in [2.45, 2.75) is 48.8 Å². The van der Waals surface area contributed by atoms with E-state index in [1.165, 1.54) is 24.6 Å². The van der Waals surface area contributed by atoms with E-state index in [0.717, 1.165) is 35.0 Å². The van der Waals surface area contributed by atoms with Gasteiger partial charge in [0.25, 0.3) is 0 Å². The number of carbonyl (C=O) groups excluding carboxylic acids is 1. The fraction of sp³-hybridized carbons (Fsp3) is 0.583. The first-order valence-electron chi connectivity index (χ1n) is 6.65. The topological polar surface area (TPSA) is 78.5 Å². The molecule has 0 N–H and O–H groups in total. The Balaban J connectivity index is 1.92. The summed E-state index contributed by atoms with van der Waals surface area (Å²) in [5, 5.41) is 17.8. The van der Waals surface area contributed by atoms with Gasteiger partial charge in [0.05, 0.1) is 17.3 Å². The van der Waals surface area contributed by atoms with E-state index < -0.39 is 0 Å². The van der Waals surface area contributed by atoms with E-state index >= 15 is 0 Å². The average molecular weight is 292 g/mol. The Kier molecular flexibility index (Phi) is 3.56. The van der Waals surface area contributed by atoms with Crippen molar-refractivity contribution in [3.63, 3.8) is 0 Å². The number of rotatable bonds is 4. The van der Waals surface area contributed by atoms with Crippen molar-refractivity contribution in [2.75, 3.05) is 0 Å². The highest BCUT2D eigenvalue weighted by molar-refractivity contribution is 7.99. The second-order valence-electron chi connectivity index (χ2n) is 4.99. The second-order valence-corrected chi connectivity index (χ2v) is 5.95. The van der Waals surface area contributed by atoms with Gasteiger partial charge in [0.2, 0.25) is 5.16 Å². The van der Waals surface area contributed by atoms with Crippen LogP contribution in [0.5, 0.6) is 0 Å². The minimum atomic E-state index is 0.376. The van der Waals surface area contributed by atoms with Gasteiger partial charge in [-0.2, -0.15) is 5.10 Å². The van der Waals surface area contributed by atoms with Gasteiger partial charge < -0.3 is 0 Å². The molecule has 0 saturated heterocycles. The molecule has 0 radical (unpaired) electrons. The molecule has 3 rings (SSSR count). The summed E-state index contributed by atoms with van der Waals surface area (Å²) in [7, 11) is 1.83. The van der Waals surface area contributed by atoms with Crippen molar-refractivity contribution >= 4 is 18.0 Å². The minimum absolute atomic E-state index is 0.376. The summed E-state index contributed by atoms with van der Waals surface area (Å²) in [6.45, 7) is 1.83. The van der Waals surface area contributed by atoms with Crippen LogP contribution in [0.2, 0.25) is 0 Å². The Hall–Kier alpha value is -1.70. The Bertz CT molecular complexity index is 628. The third-order valence-electron chi connectivity index (χ3n) is 3.65. The first-order chi connectivity index (χ1) is 9.70. The van der Waals surface area contributed by atoms with Crippen molar-refractivity contribution in [3.8, 4) is 0 Å². The normalized spacial score (nSPS) is 15.9. The highest BCUT2D eigenvalue weighted by atomic mass is 32.2. The van der Waals surface area contributed by atoms with Crippen molar-refractivity contribution in [2.24, 2.45) is 7.05 Å². The van der Waals surface area contributed by atoms with Gasteiger partial charge in [-0.05, 0) is 42.0 Å². The van der Waals surface area contributed by atoms with Crippen LogP contribution in [-0.4, -0.2) is 36.3 Å². The van der Waals surface area contributed by atoms with Gasteiger partial charge in [0.1, 0.15) is 5.03 Å². The monoisotopic (exact) mass is 292 g/mol. The lowest BCUT2D eigenvalue weighted by molar-refractivity contribution is 0.112. The van der Waals surface area contributed by atoms with Gasteiger partial charge in [-0.25, -0.2) is 4.68 Å². The molecule has 1 saturated carbocycles. The largest absolute Gasteiger partial charge is 0.298 e. The van der Waals surface area contributed by atoms with Crippen LogP contribution < -0.4 is 0 Å². The molecule has 1 fully saturated rings. The molecule has 2 aromatic rings. The molecule has 2 heterocycles. The predicted molar refractivity (Wildman–Crippen MR) is 72.8 cm³/mol. The van der Waals surface area contributed by atoms with E-state index in [0.29, 0.717) is 11.6 Å². The Labute approximate surface area is 120 Å². The number of aromatic nitrogens is 6. The van der Waals surface area contributed by atoms with Crippen molar-refractivity contribution in [3.05, 3.63) is 11.3 Å². The number of hydrogen-bond donors (Lipinski definition) is 0. The number of carbonyl (C=O) groups is 1. The average Bonchev–Trinajstić information content (AvgIpc) is 3.12. The lowest BCUT2D eigenvalue weighted by Gasteiger charge is -2.10. The molecule has 2 aromatic heterocycles. The zero-order valence-corrected chi connectivity index (χ0v) is 12.3. The maximum absolute atomic E-state index is 11.2. The van der Waals surface area contributed by atoms with Gasteiger partial charge in [-0.3, -0.25) is 9.48 Å². The molecular formula is C12H16N6OS. The molecule has 0 spiro atoms. The molecule has 1 aliphatic rings. The summed E-state index contributed by atoms with van der Waals surface area (Å²) in [6.07, 6.45) is 5.51. The fourth-order valence-corrected chi connectivity index (χ4v) is 3.64. The standard InChI is InChI=1S/C12H16N6OS/c1-8-10(7-19)11(17(2)14-8)20-12-13-15-16-18(12)9-5-3-4-6-9/h7,9H,3-6H2,1-2H3. The van der Waals surface area contributed by atoms with Crippen molar-refractivity contribution in [1.29, 1.82) is 0 Å². The minimum Gasteiger partial charge on any atom is -0.298 e. The zero-order valence-electron chi connectivity index (χ0n) is 11.5. The smallest absolute Gasteiger partial charge is 0.215 e. The van der Waals surface area contributed by atoms with E-state index in [9.17, 15) is 4.79 Å². The Morgan fingerprint density at radius 3 is 2.80 bits per heavy atom. The number of aldehydes is 1. The van der Waals surface area contributed by atoms with Gasteiger partial charge >= 0.3 is 0 Å². The van der Waals surface area contributed by atoms with Gasteiger partial charge in [-0.15, -0.1) is 5.10 Å². The van der Waals surface area contributed by atoms with E-state index in [2.05, 4.69) is 20.6 Å². The first kappa shape index (κ1) is 13.3. The predicted octanol–water partition coefficient (Wildman–Crippen LogP) is 1.79. The summed E-state index contributed by atoms with van der Waals surface area (Å²) >= 11 is 1.40. The highest BCUT2D eigenvalue weighted by Gasteiger charge is 2.24. The third kappa shape index (κ3) is 2.24. The van der Waals surface area contributed by atoms with E-state index in [1.807, 2.05) is 18.7 Å². The SMILES string of the molecule is Cc1nn(C)c(Sc2nnnn2C2CCCC2)c1C=O. The van der Waals surface area contributed by atoms with Crippen LogP contribution >= 0.6 is 11.8 Å². The number of aryl methyl sites for hydroxylation is 2. The molecule has 0 aromatic carbocycles. The fourth-order valence-electron chi connectivity index (χ4n) is 2.63. The molecule has 7 nitrogen and oxygen atoms in total. The lowest BCUT2D eigenvalue weighted by Crippen LogP contribution is -2.08. The quantitative estimate of drug-likeness (QED) is 0.799. The number of hydrogen-bond acceptors (Lipinski definition) is 6. The first-order valence-corrected chi connectivity index (χ1v) is 7.47. The molecule has 0 unspecified atom stereocenters. The molecule has 0 amide bonds. The van der Waals surface area contributed by atoms with Crippen LogP contribution in [0.4, 0.5) is 0 Å². The summed E-state index contributed by atoms with van der Waals surface area (Å²) in [5.74, 6) is 0. The maximum atomic E-state index is 11.2. The summed E-state index contributed by atoms with van der Waals surface area (Å²) in [6, 6.07) is 0.376. The van der Waals surface area contributed by atoms with Crippen LogP contribution in [0.15, 0.2) is 10.2 Å². The van der Waals surface area contributed by atoms with Crippen LogP contribution in [0.3, 0.4) is 0 Å². The second kappa shape index (κ2) is 5.35. The van der Waals surface area contributed by atoms with Crippen molar-refractivity contribution in [1.82, 2.24) is 30.0 Å². The number of tetrazole rings is 1. The Morgan fingerprint density at radius 2 is 2.10 bits per heavy atom. The van der Waals surface area contributed by atoms with E-state index in [-0.39, 0.29) is 0 Å². The molecule has 106 valence electrons. The lowest BCUT2D eigenvalue weighted by atomic mass is 10.3. The Morgan fingerprint density at radius 1 is 1.35 bits per heavy atom. The molecule has 0 atom stereocenters. The molecule has 8 heteroatoms. The van der Waals surface area contributed by atoms with Crippen LogP contribution in [-0.2, 0) is 7.05 Å². The van der Waals surface area contributed by atoms with Gasteiger partial charge in [0, 0.05) is 7.05 Å². The van der Waals surface area contributed by atoms with Gasteiger partial charge in [-0.1, -0.05) is 12.8 Å². The molecule has 1 aliphatic carbocycles. The molecular weight excluding hydrogens is 276 g/mol. The molecule has 0 bridgehead atoms. The number of nitrogens with zero attached hydrogens (tertiary/aromatic N) is 6. The summed E-state index contributed by atoms with van der Waals surface area (Å²) in [5.41, 5.74) is 1.34. The maximum Gasteiger partial charge on any atom is 0.215 e. The summed E-state index contributed by atoms with van der Waals surface area (Å²) < 4.78 is 3.59. The van der Waals surface area contributed by atoms with Gasteiger partial charge in [0.15, 0.2) is 6.29 Å². The molecule has 20 heavy (non-hydrogen) atoms. The van der Waals surface area contributed by atoms with Crippen LogP contribution in [0.1, 0.15) is 47.8 Å². The molecule has 0 aliphatic heterocycles. The highest BCUT2D eigenvalue weighted by Crippen LogP contribution is 2.34. The van der Waals surface area contributed by atoms with Crippen LogP contribution in [0, 0.1) is 6.92 Å². The third-order valence-corrected chi connectivity index (χ3v) is 4.78.